The Morgan fingerprint density at radius 1 is 1.14 bits per heavy atom. The van der Waals surface area contributed by atoms with Crippen molar-refractivity contribution in [2.75, 3.05) is 26.9 Å². The van der Waals surface area contributed by atoms with Crippen LogP contribution in [0.2, 0.25) is 5.02 Å². The minimum absolute atomic E-state index is 0.0710. The van der Waals surface area contributed by atoms with E-state index >= 15 is 0 Å². The summed E-state index contributed by atoms with van der Waals surface area (Å²) in [7, 11) is 1.65. The lowest BCUT2D eigenvalue weighted by Gasteiger charge is -2.29. The van der Waals surface area contributed by atoms with Crippen molar-refractivity contribution in [2.24, 2.45) is 0 Å². The van der Waals surface area contributed by atoms with E-state index in [4.69, 9.17) is 25.8 Å². The van der Waals surface area contributed by atoms with Crippen molar-refractivity contribution in [1.82, 2.24) is 4.90 Å². The molecular weight excluding hydrogens is 378 g/mol. The van der Waals surface area contributed by atoms with Crippen molar-refractivity contribution in [3.63, 3.8) is 0 Å². The summed E-state index contributed by atoms with van der Waals surface area (Å²) in [5.74, 6) is 1.73. The molecule has 28 heavy (non-hydrogen) atoms. The monoisotopic (exact) mass is 403 g/mol. The fourth-order valence-electron chi connectivity index (χ4n) is 3.31. The first kappa shape index (κ1) is 20.3. The normalized spacial score (nSPS) is 13.1. The maximum absolute atomic E-state index is 13.1. The summed E-state index contributed by atoms with van der Waals surface area (Å²) in [5.41, 5.74) is 2.86. The van der Waals surface area contributed by atoms with E-state index in [-0.39, 0.29) is 5.91 Å². The topological polar surface area (TPSA) is 48.0 Å². The van der Waals surface area contributed by atoms with Crippen LogP contribution >= 0.6 is 11.6 Å². The molecule has 0 atom stereocenters. The van der Waals surface area contributed by atoms with E-state index in [0.717, 1.165) is 24.2 Å². The molecule has 0 saturated carbocycles. The summed E-state index contributed by atoms with van der Waals surface area (Å²) in [6.07, 6.45) is 1.67. The first-order chi connectivity index (χ1) is 13.6. The number of ether oxygens (including phenoxy) is 3. The highest BCUT2D eigenvalue weighted by molar-refractivity contribution is 6.32. The lowest BCUT2D eigenvalue weighted by molar-refractivity contribution is 0.0734. The van der Waals surface area contributed by atoms with Gasteiger partial charge in [0.25, 0.3) is 5.91 Å². The van der Waals surface area contributed by atoms with Crippen LogP contribution in [0.5, 0.6) is 17.2 Å². The van der Waals surface area contributed by atoms with Crippen LogP contribution in [0.4, 0.5) is 0 Å². The van der Waals surface area contributed by atoms with Crippen molar-refractivity contribution in [2.45, 2.75) is 33.2 Å². The highest BCUT2D eigenvalue weighted by Crippen LogP contribution is 2.37. The van der Waals surface area contributed by atoms with E-state index in [1.165, 1.54) is 5.56 Å². The van der Waals surface area contributed by atoms with Gasteiger partial charge in [-0.15, -0.1) is 0 Å². The number of benzene rings is 2. The molecule has 0 unspecified atom stereocenters. The van der Waals surface area contributed by atoms with Crippen molar-refractivity contribution < 1.29 is 19.0 Å². The third-order valence-corrected chi connectivity index (χ3v) is 5.00. The highest BCUT2D eigenvalue weighted by Gasteiger charge is 2.24. The van der Waals surface area contributed by atoms with Crippen molar-refractivity contribution in [3.8, 4) is 17.2 Å². The average Bonchev–Trinajstić information content (AvgIpc) is 2.71. The third-order valence-electron chi connectivity index (χ3n) is 4.72. The van der Waals surface area contributed by atoms with Gasteiger partial charge in [-0.3, -0.25) is 4.79 Å². The molecular formula is C22H26ClNO4. The molecule has 1 aliphatic heterocycles. The van der Waals surface area contributed by atoms with E-state index in [2.05, 4.69) is 6.07 Å². The molecule has 3 rings (SSSR count). The minimum atomic E-state index is -0.0710. The van der Waals surface area contributed by atoms with Crippen LogP contribution in [0.1, 0.15) is 41.8 Å². The summed E-state index contributed by atoms with van der Waals surface area (Å²) in [6.45, 7) is 6.12. The smallest absolute Gasteiger partial charge is 0.254 e. The van der Waals surface area contributed by atoms with E-state index in [0.29, 0.717) is 48.4 Å². The Kier molecular flexibility index (Phi) is 6.68. The summed E-state index contributed by atoms with van der Waals surface area (Å²) >= 11 is 6.42. The zero-order valence-electron chi connectivity index (χ0n) is 16.6. The number of hydrogen-bond acceptors (Lipinski definition) is 4. The highest BCUT2D eigenvalue weighted by atomic mass is 35.5. The number of carbonyl (C=O) groups is 1. The second-order valence-corrected chi connectivity index (χ2v) is 7.09. The van der Waals surface area contributed by atoms with E-state index in [1.54, 1.807) is 19.2 Å². The van der Waals surface area contributed by atoms with Gasteiger partial charge in [0.15, 0.2) is 11.5 Å². The standard InChI is InChI=1S/C22H26ClNO4/c1-4-10-28-21-19(23)12-16(13-20(21)27-5-2)22(25)24-9-8-15-6-7-18(26-3)11-17(15)14-24/h6-7,11-13H,4-5,8-10,14H2,1-3H3. The van der Waals surface area contributed by atoms with Gasteiger partial charge in [0.2, 0.25) is 0 Å². The zero-order chi connectivity index (χ0) is 20.1. The molecule has 0 bridgehead atoms. The van der Waals surface area contributed by atoms with Gasteiger partial charge < -0.3 is 19.1 Å². The fourth-order valence-corrected chi connectivity index (χ4v) is 3.58. The molecule has 1 amide bonds. The van der Waals surface area contributed by atoms with Crippen molar-refractivity contribution in [1.29, 1.82) is 0 Å². The summed E-state index contributed by atoms with van der Waals surface area (Å²) in [5, 5.41) is 0.391. The van der Waals surface area contributed by atoms with E-state index in [1.807, 2.05) is 30.9 Å². The van der Waals surface area contributed by atoms with Crippen LogP contribution in [-0.4, -0.2) is 37.7 Å². The Morgan fingerprint density at radius 2 is 1.96 bits per heavy atom. The quantitative estimate of drug-likeness (QED) is 0.670. The number of carbonyl (C=O) groups excluding carboxylic acids is 1. The Hall–Kier alpha value is -2.40. The molecule has 6 heteroatoms. The molecule has 0 aliphatic carbocycles. The predicted octanol–water partition coefficient (Wildman–Crippen LogP) is 4.73. The predicted molar refractivity (Wildman–Crippen MR) is 110 cm³/mol. The molecule has 5 nitrogen and oxygen atoms in total. The maximum atomic E-state index is 13.1. The number of rotatable bonds is 7. The lowest BCUT2D eigenvalue weighted by atomic mass is 9.98. The number of nitrogens with zero attached hydrogens (tertiary/aromatic N) is 1. The molecule has 150 valence electrons. The Bertz CT molecular complexity index is 853. The first-order valence-electron chi connectivity index (χ1n) is 9.61. The zero-order valence-corrected chi connectivity index (χ0v) is 17.3. The molecule has 0 N–H and O–H groups in total. The summed E-state index contributed by atoms with van der Waals surface area (Å²) in [4.78, 5) is 15.0. The Labute approximate surface area is 171 Å². The molecule has 2 aromatic carbocycles. The van der Waals surface area contributed by atoms with Crippen molar-refractivity contribution >= 4 is 17.5 Å². The van der Waals surface area contributed by atoms with Crippen LogP contribution in [-0.2, 0) is 13.0 Å². The Balaban J connectivity index is 1.85. The van der Waals surface area contributed by atoms with Gasteiger partial charge in [-0.05, 0) is 55.2 Å². The molecule has 0 spiro atoms. The third kappa shape index (κ3) is 4.36. The SMILES string of the molecule is CCCOc1c(Cl)cc(C(=O)N2CCc3ccc(OC)cc3C2)cc1OCC. The molecule has 0 fully saturated rings. The van der Waals surface area contributed by atoms with Gasteiger partial charge in [0, 0.05) is 18.7 Å². The number of hydrogen-bond donors (Lipinski definition) is 0. The number of fused-ring (bicyclic) bond motifs is 1. The maximum Gasteiger partial charge on any atom is 0.254 e. The fraction of sp³-hybridized carbons (Fsp3) is 0.409. The van der Waals surface area contributed by atoms with Crippen LogP contribution in [0.15, 0.2) is 30.3 Å². The number of halogens is 1. The second kappa shape index (κ2) is 9.20. The summed E-state index contributed by atoms with van der Waals surface area (Å²) < 4.78 is 16.7. The van der Waals surface area contributed by atoms with Crippen LogP contribution < -0.4 is 14.2 Å². The average molecular weight is 404 g/mol. The molecule has 1 heterocycles. The van der Waals surface area contributed by atoms with Crippen LogP contribution in [0.3, 0.4) is 0 Å². The van der Waals surface area contributed by atoms with Crippen LogP contribution in [0, 0.1) is 0 Å². The Morgan fingerprint density at radius 3 is 2.68 bits per heavy atom. The second-order valence-electron chi connectivity index (χ2n) is 6.68. The molecule has 0 saturated heterocycles. The van der Waals surface area contributed by atoms with Gasteiger partial charge in [0.05, 0.1) is 25.3 Å². The number of amides is 1. The molecule has 1 aliphatic rings. The van der Waals surface area contributed by atoms with Crippen LogP contribution in [0.25, 0.3) is 0 Å². The molecule has 0 aromatic heterocycles. The van der Waals surface area contributed by atoms with E-state index < -0.39 is 0 Å². The van der Waals surface area contributed by atoms with Gasteiger partial charge in [0.1, 0.15) is 5.75 Å². The lowest BCUT2D eigenvalue weighted by Crippen LogP contribution is -2.36. The number of methoxy groups -OCH3 is 1. The first-order valence-corrected chi connectivity index (χ1v) is 9.99. The van der Waals surface area contributed by atoms with Crippen molar-refractivity contribution in [3.05, 3.63) is 52.0 Å². The van der Waals surface area contributed by atoms with Gasteiger partial charge in [-0.1, -0.05) is 24.6 Å². The van der Waals surface area contributed by atoms with Gasteiger partial charge in [-0.25, -0.2) is 0 Å². The molecule has 0 radical (unpaired) electrons. The summed E-state index contributed by atoms with van der Waals surface area (Å²) in [6, 6.07) is 9.41. The van der Waals surface area contributed by atoms with Gasteiger partial charge >= 0.3 is 0 Å². The van der Waals surface area contributed by atoms with E-state index in [9.17, 15) is 4.79 Å². The largest absolute Gasteiger partial charge is 0.497 e. The molecule has 2 aromatic rings. The van der Waals surface area contributed by atoms with Gasteiger partial charge in [-0.2, -0.15) is 0 Å². The minimum Gasteiger partial charge on any atom is -0.497 e.